The van der Waals surface area contributed by atoms with Crippen molar-refractivity contribution in [2.24, 2.45) is 0 Å². The number of thioether (sulfide) groups is 1. The second-order valence-corrected chi connectivity index (χ2v) is 7.28. The molecule has 0 radical (unpaired) electrons. The van der Waals surface area contributed by atoms with E-state index in [-0.39, 0.29) is 11.4 Å². The predicted octanol–water partition coefficient (Wildman–Crippen LogP) is 4.27. The van der Waals surface area contributed by atoms with Crippen LogP contribution >= 0.6 is 23.4 Å². The van der Waals surface area contributed by atoms with Crippen molar-refractivity contribution in [2.75, 3.05) is 19.5 Å². The fourth-order valence-electron chi connectivity index (χ4n) is 2.64. The topological polar surface area (TPSA) is 59.6 Å². The third kappa shape index (κ3) is 4.08. The molecular formula is C19H19ClN2O3S. The van der Waals surface area contributed by atoms with E-state index in [1.807, 2.05) is 31.2 Å². The van der Waals surface area contributed by atoms with Crippen molar-refractivity contribution in [3.63, 3.8) is 0 Å². The van der Waals surface area contributed by atoms with Crippen LogP contribution in [0.15, 0.2) is 41.3 Å². The van der Waals surface area contributed by atoms with Crippen LogP contribution in [0, 0.1) is 6.92 Å². The zero-order valence-electron chi connectivity index (χ0n) is 14.6. The number of amides is 1. The number of hydrogen-bond donors (Lipinski definition) is 2. The number of aryl methyl sites for hydroxylation is 1. The fourth-order valence-corrected chi connectivity index (χ4v) is 3.79. The minimum atomic E-state index is -0.305. The van der Waals surface area contributed by atoms with Gasteiger partial charge in [0, 0.05) is 5.02 Å². The maximum atomic E-state index is 12.3. The molecule has 1 heterocycles. The van der Waals surface area contributed by atoms with Crippen LogP contribution in [0.5, 0.6) is 11.5 Å². The molecule has 1 fully saturated rings. The Labute approximate surface area is 161 Å². The van der Waals surface area contributed by atoms with Crippen LogP contribution in [0.3, 0.4) is 0 Å². The number of carbonyl (C=O) groups excluding carboxylic acids is 1. The van der Waals surface area contributed by atoms with Crippen molar-refractivity contribution >= 4 is 41.0 Å². The summed E-state index contributed by atoms with van der Waals surface area (Å²) in [6.45, 7) is 1.97. The lowest BCUT2D eigenvalue weighted by Crippen LogP contribution is -2.31. The van der Waals surface area contributed by atoms with E-state index < -0.39 is 0 Å². The Morgan fingerprint density at radius 3 is 2.58 bits per heavy atom. The van der Waals surface area contributed by atoms with E-state index in [4.69, 9.17) is 21.1 Å². The van der Waals surface area contributed by atoms with Crippen molar-refractivity contribution in [3.8, 4) is 11.5 Å². The lowest BCUT2D eigenvalue weighted by Gasteiger charge is -2.15. The Hall–Kier alpha value is -2.31. The number of halogens is 1. The van der Waals surface area contributed by atoms with Crippen molar-refractivity contribution in [1.82, 2.24) is 5.32 Å². The molecular weight excluding hydrogens is 372 g/mol. The summed E-state index contributed by atoms with van der Waals surface area (Å²) < 4.78 is 10.6. The highest BCUT2D eigenvalue weighted by Gasteiger charge is 2.27. The Morgan fingerprint density at radius 1 is 1.15 bits per heavy atom. The molecule has 0 aromatic heterocycles. The first-order valence-corrected chi connectivity index (χ1v) is 9.20. The van der Waals surface area contributed by atoms with Gasteiger partial charge in [-0.05, 0) is 54.5 Å². The highest BCUT2D eigenvalue weighted by molar-refractivity contribution is 8.05. The molecule has 136 valence electrons. The summed E-state index contributed by atoms with van der Waals surface area (Å²) in [4.78, 5) is 12.9. The normalized spacial score (nSPS) is 17.9. The third-order valence-electron chi connectivity index (χ3n) is 3.90. The molecule has 0 saturated carbocycles. The summed E-state index contributed by atoms with van der Waals surface area (Å²) in [6, 6.07) is 11.1. The van der Waals surface area contributed by atoms with Gasteiger partial charge in [0.1, 0.15) is 11.5 Å². The first-order valence-electron chi connectivity index (χ1n) is 7.94. The highest BCUT2D eigenvalue weighted by atomic mass is 35.5. The Morgan fingerprint density at radius 2 is 1.88 bits per heavy atom. The molecule has 26 heavy (non-hydrogen) atoms. The first-order chi connectivity index (χ1) is 12.5. The van der Waals surface area contributed by atoms with Gasteiger partial charge in [-0.3, -0.25) is 4.79 Å². The zero-order valence-corrected chi connectivity index (χ0v) is 16.2. The molecule has 0 bridgehead atoms. The molecule has 1 atom stereocenters. The van der Waals surface area contributed by atoms with Crippen LogP contribution in [0.1, 0.15) is 11.1 Å². The average Bonchev–Trinajstić information content (AvgIpc) is 2.94. The van der Waals surface area contributed by atoms with E-state index in [1.165, 1.54) is 11.8 Å². The third-order valence-corrected chi connectivity index (χ3v) is 5.16. The summed E-state index contributed by atoms with van der Waals surface area (Å²) in [5.74, 6) is 1.36. The smallest absolute Gasteiger partial charge is 0.260 e. The van der Waals surface area contributed by atoms with Gasteiger partial charge in [0.25, 0.3) is 5.91 Å². The van der Waals surface area contributed by atoms with E-state index in [0.29, 0.717) is 15.7 Å². The van der Waals surface area contributed by atoms with Gasteiger partial charge >= 0.3 is 0 Å². The van der Waals surface area contributed by atoms with Gasteiger partial charge < -0.3 is 20.1 Å². The Balaban J connectivity index is 1.76. The Kier molecular flexibility index (Phi) is 5.64. The van der Waals surface area contributed by atoms with E-state index in [1.54, 1.807) is 32.4 Å². The van der Waals surface area contributed by atoms with Gasteiger partial charge in [-0.1, -0.05) is 29.4 Å². The van der Waals surface area contributed by atoms with Crippen molar-refractivity contribution in [3.05, 3.63) is 57.5 Å². The number of carbonyl (C=O) groups is 1. The van der Waals surface area contributed by atoms with Crippen LogP contribution < -0.4 is 20.1 Å². The largest absolute Gasteiger partial charge is 0.496 e. The van der Waals surface area contributed by atoms with Crippen LogP contribution in [-0.4, -0.2) is 25.6 Å². The predicted molar refractivity (Wildman–Crippen MR) is 107 cm³/mol. The maximum Gasteiger partial charge on any atom is 0.260 e. The molecule has 1 aliphatic rings. The SMILES string of the molecule is COc1ccc(/C=C2\SC(Nc3cc(Cl)ccc3OC)NC2=O)cc1C. The van der Waals surface area contributed by atoms with Crippen molar-refractivity contribution in [2.45, 2.75) is 12.4 Å². The molecule has 1 amide bonds. The first kappa shape index (κ1) is 18.5. The lowest BCUT2D eigenvalue weighted by molar-refractivity contribution is -0.116. The summed E-state index contributed by atoms with van der Waals surface area (Å²) in [7, 11) is 3.23. The van der Waals surface area contributed by atoms with Crippen LogP contribution in [0.2, 0.25) is 5.02 Å². The maximum absolute atomic E-state index is 12.3. The summed E-state index contributed by atoms with van der Waals surface area (Å²) in [5, 5.41) is 6.73. The minimum absolute atomic E-state index is 0.123. The fraction of sp³-hybridized carbons (Fsp3) is 0.211. The molecule has 3 rings (SSSR count). The standard InChI is InChI=1S/C19H19ClN2O3S/c1-11-8-12(4-6-15(11)24-2)9-17-18(23)22-19(26-17)21-14-10-13(20)5-7-16(14)25-3/h4-10,19,21H,1-3H3,(H,22,23)/b17-9-. The van der Waals surface area contributed by atoms with E-state index in [9.17, 15) is 4.79 Å². The Bertz CT molecular complexity index is 870. The second kappa shape index (κ2) is 7.93. The van der Waals surface area contributed by atoms with E-state index in [0.717, 1.165) is 22.6 Å². The number of benzene rings is 2. The highest BCUT2D eigenvalue weighted by Crippen LogP contribution is 2.34. The summed E-state index contributed by atoms with van der Waals surface area (Å²) >= 11 is 7.46. The van der Waals surface area contributed by atoms with Gasteiger partial charge in [0.2, 0.25) is 0 Å². The van der Waals surface area contributed by atoms with Gasteiger partial charge in [0.15, 0.2) is 5.50 Å². The van der Waals surface area contributed by atoms with Gasteiger partial charge in [-0.2, -0.15) is 0 Å². The second-order valence-electron chi connectivity index (χ2n) is 5.70. The molecule has 0 aliphatic carbocycles. The molecule has 2 N–H and O–H groups in total. The molecule has 0 spiro atoms. The molecule has 2 aromatic rings. The zero-order chi connectivity index (χ0) is 18.7. The summed E-state index contributed by atoms with van der Waals surface area (Å²) in [5.41, 5.74) is 2.38. The van der Waals surface area contributed by atoms with Crippen LogP contribution in [-0.2, 0) is 4.79 Å². The number of nitrogens with one attached hydrogen (secondary N) is 2. The number of ether oxygens (including phenoxy) is 2. The van der Waals surface area contributed by atoms with E-state index in [2.05, 4.69) is 10.6 Å². The average molecular weight is 391 g/mol. The molecule has 1 aliphatic heterocycles. The molecule has 1 unspecified atom stereocenters. The van der Waals surface area contributed by atoms with Gasteiger partial charge in [-0.15, -0.1) is 0 Å². The molecule has 5 nitrogen and oxygen atoms in total. The lowest BCUT2D eigenvalue weighted by atomic mass is 10.1. The number of methoxy groups -OCH3 is 2. The molecule has 2 aromatic carbocycles. The number of rotatable bonds is 5. The minimum Gasteiger partial charge on any atom is -0.496 e. The van der Waals surface area contributed by atoms with Crippen LogP contribution in [0.25, 0.3) is 6.08 Å². The number of anilines is 1. The van der Waals surface area contributed by atoms with Crippen LogP contribution in [0.4, 0.5) is 5.69 Å². The van der Waals surface area contributed by atoms with Gasteiger partial charge in [0.05, 0.1) is 24.8 Å². The molecule has 7 heteroatoms. The summed E-state index contributed by atoms with van der Waals surface area (Å²) in [6.07, 6.45) is 1.86. The van der Waals surface area contributed by atoms with E-state index >= 15 is 0 Å². The molecule has 1 saturated heterocycles. The van der Waals surface area contributed by atoms with Crippen molar-refractivity contribution < 1.29 is 14.3 Å². The number of hydrogen-bond acceptors (Lipinski definition) is 5. The van der Waals surface area contributed by atoms with Crippen molar-refractivity contribution in [1.29, 1.82) is 0 Å². The monoisotopic (exact) mass is 390 g/mol. The van der Waals surface area contributed by atoms with Gasteiger partial charge in [-0.25, -0.2) is 0 Å². The quantitative estimate of drug-likeness (QED) is 0.747.